The smallest absolute Gasteiger partial charge is 0.181 e. The standard InChI is InChI=1S/C13H11ClN4S/c1-6-7(2)19-13-10(6)11(14)17-12(18-13)9-4-5-15-8(3)16-9/h4-5H,1-3H3. The van der Waals surface area contributed by atoms with Crippen molar-refractivity contribution in [3.63, 3.8) is 0 Å². The summed E-state index contributed by atoms with van der Waals surface area (Å²) in [5, 5.41) is 1.43. The van der Waals surface area contributed by atoms with E-state index in [9.17, 15) is 0 Å². The van der Waals surface area contributed by atoms with E-state index in [0.717, 1.165) is 15.8 Å². The van der Waals surface area contributed by atoms with Crippen LogP contribution in [0.1, 0.15) is 16.3 Å². The second-order valence-corrected chi connectivity index (χ2v) is 5.85. The minimum absolute atomic E-state index is 0.484. The molecule has 0 aromatic carbocycles. The van der Waals surface area contributed by atoms with E-state index in [1.54, 1.807) is 23.6 Å². The van der Waals surface area contributed by atoms with Crippen LogP contribution in [-0.4, -0.2) is 19.9 Å². The summed E-state index contributed by atoms with van der Waals surface area (Å²) < 4.78 is 0. The third-order valence-electron chi connectivity index (χ3n) is 2.99. The predicted octanol–water partition coefficient (Wildman–Crippen LogP) is 3.73. The monoisotopic (exact) mass is 290 g/mol. The molecule has 3 aromatic rings. The van der Waals surface area contributed by atoms with Gasteiger partial charge in [-0.25, -0.2) is 19.9 Å². The van der Waals surface area contributed by atoms with Gasteiger partial charge in [0.05, 0.1) is 5.39 Å². The molecule has 0 aliphatic rings. The van der Waals surface area contributed by atoms with Gasteiger partial charge in [-0.15, -0.1) is 11.3 Å². The Bertz CT molecular complexity index is 782. The number of fused-ring (bicyclic) bond motifs is 1. The highest BCUT2D eigenvalue weighted by Gasteiger charge is 2.14. The lowest BCUT2D eigenvalue weighted by molar-refractivity contribution is 1.04. The maximum Gasteiger partial charge on any atom is 0.181 e. The Morgan fingerprint density at radius 1 is 1.11 bits per heavy atom. The lowest BCUT2D eigenvalue weighted by atomic mass is 10.2. The molecule has 0 amide bonds. The lowest BCUT2D eigenvalue weighted by Crippen LogP contribution is -1.95. The van der Waals surface area contributed by atoms with Gasteiger partial charge in [0.1, 0.15) is 21.5 Å². The average molecular weight is 291 g/mol. The van der Waals surface area contributed by atoms with Gasteiger partial charge >= 0.3 is 0 Å². The Morgan fingerprint density at radius 2 is 1.89 bits per heavy atom. The van der Waals surface area contributed by atoms with E-state index in [0.29, 0.717) is 22.5 Å². The zero-order valence-corrected chi connectivity index (χ0v) is 12.3. The van der Waals surface area contributed by atoms with Crippen LogP contribution in [0.4, 0.5) is 0 Å². The van der Waals surface area contributed by atoms with E-state index in [-0.39, 0.29) is 0 Å². The van der Waals surface area contributed by atoms with Crippen LogP contribution in [0.5, 0.6) is 0 Å². The minimum Gasteiger partial charge on any atom is -0.242 e. The van der Waals surface area contributed by atoms with Gasteiger partial charge in [0.2, 0.25) is 0 Å². The first-order valence-corrected chi connectivity index (χ1v) is 6.99. The molecule has 0 aliphatic carbocycles. The molecule has 0 unspecified atom stereocenters. The number of halogens is 1. The van der Waals surface area contributed by atoms with Gasteiger partial charge < -0.3 is 0 Å². The molecular formula is C13H11ClN4S. The number of nitrogens with zero attached hydrogens (tertiary/aromatic N) is 4. The van der Waals surface area contributed by atoms with Crippen molar-refractivity contribution in [2.24, 2.45) is 0 Å². The van der Waals surface area contributed by atoms with Gasteiger partial charge in [0.15, 0.2) is 5.82 Å². The number of hydrogen-bond acceptors (Lipinski definition) is 5. The Hall–Kier alpha value is -1.59. The molecule has 4 nitrogen and oxygen atoms in total. The number of thiophene rings is 1. The first-order valence-electron chi connectivity index (χ1n) is 5.79. The summed E-state index contributed by atoms with van der Waals surface area (Å²) in [6.45, 7) is 5.94. The van der Waals surface area contributed by atoms with E-state index in [1.807, 2.05) is 13.8 Å². The molecule has 3 aromatic heterocycles. The summed E-state index contributed by atoms with van der Waals surface area (Å²) in [4.78, 5) is 19.4. The molecule has 6 heteroatoms. The molecule has 0 N–H and O–H groups in total. The molecule has 0 radical (unpaired) electrons. The highest BCUT2D eigenvalue weighted by atomic mass is 35.5. The highest BCUT2D eigenvalue weighted by molar-refractivity contribution is 7.18. The molecule has 0 saturated carbocycles. The largest absolute Gasteiger partial charge is 0.242 e. The molecule has 96 valence electrons. The van der Waals surface area contributed by atoms with E-state index < -0.39 is 0 Å². The van der Waals surface area contributed by atoms with Crippen molar-refractivity contribution in [2.75, 3.05) is 0 Å². The van der Waals surface area contributed by atoms with Crippen molar-refractivity contribution in [3.05, 3.63) is 33.7 Å². The zero-order chi connectivity index (χ0) is 13.6. The fraction of sp³-hybridized carbons (Fsp3) is 0.231. The maximum absolute atomic E-state index is 6.28. The number of hydrogen-bond donors (Lipinski definition) is 0. The molecule has 0 fully saturated rings. The average Bonchev–Trinajstić information content (AvgIpc) is 2.65. The van der Waals surface area contributed by atoms with Gasteiger partial charge in [0, 0.05) is 11.1 Å². The van der Waals surface area contributed by atoms with E-state index in [1.165, 1.54) is 4.88 Å². The van der Waals surface area contributed by atoms with Crippen LogP contribution in [-0.2, 0) is 0 Å². The first-order chi connectivity index (χ1) is 9.06. The Morgan fingerprint density at radius 3 is 2.63 bits per heavy atom. The molecular weight excluding hydrogens is 280 g/mol. The van der Waals surface area contributed by atoms with Crippen molar-refractivity contribution in [3.8, 4) is 11.5 Å². The van der Waals surface area contributed by atoms with Gasteiger partial charge in [-0.3, -0.25) is 0 Å². The second kappa shape index (κ2) is 4.51. The summed E-state index contributed by atoms with van der Waals surface area (Å²) in [5.41, 5.74) is 1.84. The molecule has 0 atom stereocenters. The Kier molecular flexibility index (Phi) is 2.95. The van der Waals surface area contributed by atoms with Crippen molar-refractivity contribution in [1.29, 1.82) is 0 Å². The number of rotatable bonds is 1. The van der Waals surface area contributed by atoms with E-state index in [2.05, 4.69) is 26.9 Å². The van der Waals surface area contributed by atoms with E-state index >= 15 is 0 Å². The Labute approximate surface area is 119 Å². The van der Waals surface area contributed by atoms with Crippen LogP contribution < -0.4 is 0 Å². The predicted molar refractivity (Wildman–Crippen MR) is 77.7 cm³/mol. The van der Waals surface area contributed by atoms with Crippen molar-refractivity contribution < 1.29 is 0 Å². The van der Waals surface area contributed by atoms with Gasteiger partial charge in [0.25, 0.3) is 0 Å². The molecule has 0 aliphatic heterocycles. The van der Waals surface area contributed by atoms with Gasteiger partial charge in [-0.05, 0) is 32.4 Å². The maximum atomic E-state index is 6.28. The number of aromatic nitrogens is 4. The van der Waals surface area contributed by atoms with Crippen LogP contribution in [0.3, 0.4) is 0 Å². The molecule has 0 spiro atoms. The summed E-state index contributed by atoms with van der Waals surface area (Å²) >= 11 is 7.91. The first kappa shape index (κ1) is 12.4. The van der Waals surface area contributed by atoms with Gasteiger partial charge in [-0.2, -0.15) is 0 Å². The van der Waals surface area contributed by atoms with Crippen LogP contribution in [0, 0.1) is 20.8 Å². The quantitative estimate of drug-likeness (QED) is 0.641. The highest BCUT2D eigenvalue weighted by Crippen LogP contribution is 2.34. The van der Waals surface area contributed by atoms with Crippen LogP contribution in [0.2, 0.25) is 5.15 Å². The van der Waals surface area contributed by atoms with Gasteiger partial charge in [-0.1, -0.05) is 11.6 Å². The van der Waals surface area contributed by atoms with Crippen molar-refractivity contribution >= 4 is 33.2 Å². The molecule has 19 heavy (non-hydrogen) atoms. The topological polar surface area (TPSA) is 51.6 Å². The van der Waals surface area contributed by atoms with Crippen molar-refractivity contribution in [2.45, 2.75) is 20.8 Å². The van der Waals surface area contributed by atoms with Crippen LogP contribution in [0.15, 0.2) is 12.3 Å². The minimum atomic E-state index is 0.484. The molecule has 0 saturated heterocycles. The number of aryl methyl sites for hydroxylation is 3. The molecule has 3 rings (SSSR count). The second-order valence-electron chi connectivity index (χ2n) is 4.29. The summed E-state index contributed by atoms with van der Waals surface area (Å²) in [7, 11) is 0. The Balaban J connectivity index is 2.27. The third kappa shape index (κ3) is 2.09. The van der Waals surface area contributed by atoms with E-state index in [4.69, 9.17) is 11.6 Å². The summed E-state index contributed by atoms with van der Waals surface area (Å²) in [6, 6.07) is 1.79. The normalized spacial score (nSPS) is 11.2. The van der Waals surface area contributed by atoms with Crippen LogP contribution in [0.25, 0.3) is 21.7 Å². The van der Waals surface area contributed by atoms with Crippen LogP contribution >= 0.6 is 22.9 Å². The summed E-state index contributed by atoms with van der Waals surface area (Å²) in [5.74, 6) is 1.24. The molecule has 3 heterocycles. The lowest BCUT2D eigenvalue weighted by Gasteiger charge is -2.02. The fourth-order valence-corrected chi connectivity index (χ4v) is 3.29. The fourth-order valence-electron chi connectivity index (χ4n) is 1.90. The third-order valence-corrected chi connectivity index (χ3v) is 4.36. The summed E-state index contributed by atoms with van der Waals surface area (Å²) in [6.07, 6.45) is 1.70. The SMILES string of the molecule is Cc1nccc(-c2nc(Cl)c3c(C)c(C)sc3n2)n1. The van der Waals surface area contributed by atoms with Crippen molar-refractivity contribution in [1.82, 2.24) is 19.9 Å². The zero-order valence-electron chi connectivity index (χ0n) is 10.7. The molecule has 0 bridgehead atoms.